The minimum absolute atomic E-state index is 0.145. The average Bonchev–Trinajstić information content (AvgIpc) is 3.04. The quantitative estimate of drug-likeness (QED) is 0.717. The van der Waals surface area contributed by atoms with Gasteiger partial charge in [0.15, 0.2) is 11.5 Å². The maximum Gasteiger partial charge on any atom is 0.243 e. The van der Waals surface area contributed by atoms with E-state index in [0.717, 1.165) is 4.31 Å². The summed E-state index contributed by atoms with van der Waals surface area (Å²) in [6.07, 6.45) is 0.679. The van der Waals surface area contributed by atoms with E-state index in [9.17, 15) is 13.2 Å². The normalized spacial score (nSPS) is 11.8. The van der Waals surface area contributed by atoms with Gasteiger partial charge in [-0.25, -0.2) is 13.4 Å². The molecule has 0 bridgehead atoms. The van der Waals surface area contributed by atoms with Gasteiger partial charge >= 0.3 is 0 Å². The number of oxazole rings is 1. The molecule has 1 N–H and O–H groups in total. The number of aromatic nitrogens is 1. The highest BCUT2D eigenvalue weighted by Crippen LogP contribution is 2.20. The molecule has 0 atom stereocenters. The molecule has 0 aliphatic rings. The molecule has 136 valence electrons. The lowest BCUT2D eigenvalue weighted by atomic mass is 10.3. The number of hydrogen-bond donors (Lipinski definition) is 1. The van der Waals surface area contributed by atoms with E-state index in [2.05, 4.69) is 10.3 Å². The van der Waals surface area contributed by atoms with Crippen LogP contribution in [0.2, 0.25) is 0 Å². The lowest BCUT2D eigenvalue weighted by Gasteiger charge is -2.16. The van der Waals surface area contributed by atoms with E-state index in [1.807, 2.05) is 6.92 Å². The number of anilines is 1. The Kier molecular flexibility index (Phi) is 5.06. The summed E-state index contributed by atoms with van der Waals surface area (Å²) in [5.74, 6) is 0.183. The molecule has 0 aliphatic carbocycles. The van der Waals surface area contributed by atoms with E-state index < -0.39 is 15.9 Å². The van der Waals surface area contributed by atoms with Gasteiger partial charge in [-0.3, -0.25) is 4.79 Å². The summed E-state index contributed by atoms with van der Waals surface area (Å²) >= 11 is 0. The summed E-state index contributed by atoms with van der Waals surface area (Å²) in [6.45, 7) is 1.64. The zero-order chi connectivity index (χ0) is 18.7. The first-order valence-corrected chi connectivity index (χ1v) is 9.55. The van der Waals surface area contributed by atoms with Gasteiger partial charge in [-0.2, -0.15) is 4.31 Å². The first kappa shape index (κ1) is 18.1. The molecule has 0 saturated carbocycles. The zero-order valence-electron chi connectivity index (χ0n) is 14.5. The van der Waals surface area contributed by atoms with Crippen LogP contribution in [0.25, 0.3) is 11.1 Å². The van der Waals surface area contributed by atoms with Gasteiger partial charge in [-0.15, -0.1) is 0 Å². The second-order valence-corrected chi connectivity index (χ2v) is 7.81. The van der Waals surface area contributed by atoms with Crippen LogP contribution in [-0.2, 0) is 21.2 Å². The first-order chi connectivity index (χ1) is 12.4. The van der Waals surface area contributed by atoms with Gasteiger partial charge in [0.05, 0.1) is 11.4 Å². The van der Waals surface area contributed by atoms with Crippen LogP contribution in [-0.4, -0.2) is 37.2 Å². The number of nitrogens with one attached hydrogen (secondary N) is 1. The number of sulfonamides is 1. The molecule has 8 heteroatoms. The predicted molar refractivity (Wildman–Crippen MR) is 98.3 cm³/mol. The van der Waals surface area contributed by atoms with E-state index >= 15 is 0 Å². The number of fused-ring (bicyclic) bond motifs is 1. The van der Waals surface area contributed by atoms with Crippen molar-refractivity contribution in [2.24, 2.45) is 0 Å². The van der Waals surface area contributed by atoms with E-state index in [4.69, 9.17) is 4.42 Å². The van der Waals surface area contributed by atoms with E-state index in [1.54, 1.807) is 36.4 Å². The topological polar surface area (TPSA) is 92.5 Å². The highest BCUT2D eigenvalue weighted by Gasteiger charge is 2.22. The summed E-state index contributed by atoms with van der Waals surface area (Å²) in [5, 5.41) is 2.69. The van der Waals surface area contributed by atoms with Crippen LogP contribution in [0, 0.1) is 0 Å². The molecule has 0 radical (unpaired) electrons. The molecule has 0 aliphatic heterocycles. The monoisotopic (exact) mass is 373 g/mol. The van der Waals surface area contributed by atoms with Gasteiger partial charge in [0.2, 0.25) is 15.9 Å². The molecule has 0 spiro atoms. The van der Waals surface area contributed by atoms with Gasteiger partial charge in [0, 0.05) is 19.2 Å². The summed E-state index contributed by atoms with van der Waals surface area (Å²) in [4.78, 5) is 16.7. The molecule has 1 heterocycles. The second kappa shape index (κ2) is 7.27. The minimum Gasteiger partial charge on any atom is -0.441 e. The van der Waals surface area contributed by atoms with Crippen LogP contribution >= 0.6 is 0 Å². The number of likely N-dealkylation sites (N-methyl/N-ethyl adjacent to an activating group) is 1. The Labute approximate surface area is 151 Å². The third kappa shape index (κ3) is 3.76. The summed E-state index contributed by atoms with van der Waals surface area (Å²) in [6, 6.07) is 13.1. The Morgan fingerprint density at radius 3 is 2.62 bits per heavy atom. The Bertz CT molecular complexity index is 1030. The zero-order valence-corrected chi connectivity index (χ0v) is 15.3. The van der Waals surface area contributed by atoms with Crippen molar-refractivity contribution < 1.29 is 17.6 Å². The first-order valence-electron chi connectivity index (χ1n) is 8.11. The molecule has 2 aromatic carbocycles. The number of hydrogen-bond acceptors (Lipinski definition) is 5. The molecule has 3 aromatic rings. The molecule has 1 aromatic heterocycles. The van der Waals surface area contributed by atoms with Gasteiger partial charge in [-0.05, 0) is 30.3 Å². The van der Waals surface area contributed by atoms with Crippen molar-refractivity contribution in [1.82, 2.24) is 9.29 Å². The smallest absolute Gasteiger partial charge is 0.243 e. The van der Waals surface area contributed by atoms with Crippen LogP contribution in [0.4, 0.5) is 5.69 Å². The van der Waals surface area contributed by atoms with Crippen molar-refractivity contribution in [3.8, 4) is 0 Å². The Hall–Kier alpha value is -2.71. The average molecular weight is 373 g/mol. The number of carbonyl (C=O) groups excluding carboxylic acids is 1. The van der Waals surface area contributed by atoms with E-state index in [0.29, 0.717) is 29.1 Å². The number of benzene rings is 2. The summed E-state index contributed by atoms with van der Waals surface area (Å²) < 4.78 is 31.4. The molecular formula is C18H19N3O4S. The maximum absolute atomic E-state index is 12.5. The number of aryl methyl sites for hydroxylation is 1. The Morgan fingerprint density at radius 1 is 1.19 bits per heavy atom. The Morgan fingerprint density at radius 2 is 1.92 bits per heavy atom. The number of amides is 1. The molecule has 0 fully saturated rings. The fourth-order valence-electron chi connectivity index (χ4n) is 2.46. The second-order valence-electron chi connectivity index (χ2n) is 5.77. The summed E-state index contributed by atoms with van der Waals surface area (Å²) in [5.41, 5.74) is 1.82. The van der Waals surface area contributed by atoms with E-state index in [1.165, 1.54) is 19.2 Å². The molecule has 0 saturated heterocycles. The van der Waals surface area contributed by atoms with Crippen molar-refractivity contribution in [3.05, 3.63) is 54.4 Å². The van der Waals surface area contributed by atoms with E-state index in [-0.39, 0.29) is 11.4 Å². The van der Waals surface area contributed by atoms with Gasteiger partial charge in [0.25, 0.3) is 0 Å². The fourth-order valence-corrected chi connectivity index (χ4v) is 3.61. The van der Waals surface area contributed by atoms with Crippen LogP contribution in [0.1, 0.15) is 12.8 Å². The van der Waals surface area contributed by atoms with Crippen molar-refractivity contribution in [2.75, 3.05) is 18.9 Å². The van der Waals surface area contributed by atoms with Crippen molar-refractivity contribution >= 4 is 32.7 Å². The molecule has 1 amide bonds. The van der Waals surface area contributed by atoms with Gasteiger partial charge in [0.1, 0.15) is 5.52 Å². The molecule has 0 unspecified atom stereocenters. The lowest BCUT2D eigenvalue weighted by Crippen LogP contribution is -2.34. The number of nitrogens with zero attached hydrogens (tertiary/aromatic N) is 2. The minimum atomic E-state index is -3.72. The fraction of sp³-hybridized carbons (Fsp3) is 0.222. The van der Waals surface area contributed by atoms with Crippen LogP contribution in [0.15, 0.2) is 57.8 Å². The third-order valence-electron chi connectivity index (χ3n) is 3.84. The number of carbonyl (C=O) groups is 1. The van der Waals surface area contributed by atoms with Crippen molar-refractivity contribution in [3.63, 3.8) is 0 Å². The van der Waals surface area contributed by atoms with Gasteiger partial charge in [-0.1, -0.05) is 25.1 Å². The third-order valence-corrected chi connectivity index (χ3v) is 5.65. The molecule has 26 heavy (non-hydrogen) atoms. The largest absolute Gasteiger partial charge is 0.441 e. The van der Waals surface area contributed by atoms with Crippen molar-refractivity contribution in [2.45, 2.75) is 18.2 Å². The molecule has 7 nitrogen and oxygen atoms in total. The van der Waals surface area contributed by atoms with Crippen LogP contribution < -0.4 is 5.32 Å². The highest BCUT2D eigenvalue weighted by atomic mass is 32.2. The SMILES string of the molecule is CCc1nc2cc(NC(=O)CN(C)S(=O)(=O)c3ccccc3)ccc2o1. The predicted octanol–water partition coefficient (Wildman–Crippen LogP) is 2.65. The number of rotatable bonds is 6. The van der Waals surface area contributed by atoms with Gasteiger partial charge < -0.3 is 9.73 Å². The lowest BCUT2D eigenvalue weighted by molar-refractivity contribution is -0.116. The Balaban J connectivity index is 1.70. The maximum atomic E-state index is 12.5. The molecule has 3 rings (SSSR count). The standard InChI is InChI=1S/C18H19N3O4S/c1-3-18-20-15-11-13(9-10-16(15)25-18)19-17(22)12-21(2)26(23,24)14-7-5-4-6-8-14/h4-11H,3,12H2,1-2H3,(H,19,22). The van der Waals surface area contributed by atoms with Crippen molar-refractivity contribution in [1.29, 1.82) is 0 Å². The highest BCUT2D eigenvalue weighted by molar-refractivity contribution is 7.89. The summed E-state index contributed by atoms with van der Waals surface area (Å²) in [7, 11) is -2.34. The van der Waals surface area contributed by atoms with Crippen LogP contribution in [0.3, 0.4) is 0 Å². The van der Waals surface area contributed by atoms with Crippen LogP contribution in [0.5, 0.6) is 0 Å². The molecular weight excluding hydrogens is 354 g/mol.